The van der Waals surface area contributed by atoms with E-state index in [0.29, 0.717) is 85.6 Å². The number of rotatable bonds is 3. The van der Waals surface area contributed by atoms with Gasteiger partial charge in [-0.2, -0.15) is 0 Å². The van der Waals surface area contributed by atoms with E-state index in [1.165, 1.54) is 12.1 Å². The zero-order chi connectivity index (χ0) is 25.5. The van der Waals surface area contributed by atoms with Crippen molar-refractivity contribution in [3.8, 4) is 0 Å². The van der Waals surface area contributed by atoms with Crippen LogP contribution in [0.5, 0.6) is 0 Å². The molecule has 0 radical (unpaired) electrons. The lowest BCUT2D eigenvalue weighted by atomic mass is 10.2. The molecule has 1 heterocycles. The molecule has 0 N–H and O–H groups in total. The number of ether oxygens (including phenoxy) is 5. The standard InChI is InChI=1S/C24H39N3O8/c1-24(2,3)35-23(28)26-10-14-33-18-16-31-12-8-25(9-13-32-17-19-34-15-11-26)20-21-4-6-22(7-5-21)27(29)30/h4-7H,8-20H2,1-3H3. The van der Waals surface area contributed by atoms with Gasteiger partial charge in [0, 0.05) is 44.9 Å². The number of benzene rings is 1. The molecule has 1 aliphatic heterocycles. The normalized spacial score (nSPS) is 18.9. The largest absolute Gasteiger partial charge is 0.444 e. The van der Waals surface area contributed by atoms with E-state index in [1.54, 1.807) is 17.0 Å². The molecular formula is C24H39N3O8. The first-order chi connectivity index (χ1) is 16.7. The van der Waals surface area contributed by atoms with Crippen molar-refractivity contribution in [2.75, 3.05) is 79.0 Å². The second-order valence-corrected chi connectivity index (χ2v) is 9.12. The fraction of sp³-hybridized carbons (Fsp3) is 0.708. The van der Waals surface area contributed by atoms with Crippen molar-refractivity contribution >= 4 is 11.8 Å². The number of carbonyl (C=O) groups excluding carboxylic acids is 1. The molecule has 0 spiro atoms. The Labute approximate surface area is 207 Å². The van der Waals surface area contributed by atoms with Crippen molar-refractivity contribution in [2.45, 2.75) is 32.9 Å². The van der Waals surface area contributed by atoms with Gasteiger partial charge in [0.1, 0.15) is 5.60 Å². The predicted molar refractivity (Wildman–Crippen MR) is 129 cm³/mol. The van der Waals surface area contributed by atoms with Gasteiger partial charge in [-0.15, -0.1) is 0 Å². The molecule has 1 amide bonds. The molecule has 1 aliphatic rings. The SMILES string of the molecule is CC(C)(C)OC(=O)N1CCOCCOCCN(Cc2ccc([N+](=O)[O-])cc2)CCOCCOCC1. The number of nitro benzene ring substituents is 1. The van der Waals surface area contributed by atoms with E-state index in [-0.39, 0.29) is 11.8 Å². The van der Waals surface area contributed by atoms with Crippen LogP contribution in [0.4, 0.5) is 10.5 Å². The fourth-order valence-electron chi connectivity index (χ4n) is 3.25. The quantitative estimate of drug-likeness (QED) is 0.459. The van der Waals surface area contributed by atoms with Crippen molar-refractivity contribution in [3.05, 3.63) is 39.9 Å². The Morgan fingerprint density at radius 3 is 1.74 bits per heavy atom. The van der Waals surface area contributed by atoms with Gasteiger partial charge in [-0.05, 0) is 26.3 Å². The van der Waals surface area contributed by atoms with Crippen LogP contribution in [0.2, 0.25) is 0 Å². The summed E-state index contributed by atoms with van der Waals surface area (Å²) in [5.74, 6) is 0. The van der Waals surface area contributed by atoms with E-state index in [4.69, 9.17) is 23.7 Å². The highest BCUT2D eigenvalue weighted by Gasteiger charge is 2.22. The molecule has 11 nitrogen and oxygen atoms in total. The Bertz CT molecular complexity index is 734. The van der Waals surface area contributed by atoms with Gasteiger partial charge in [-0.3, -0.25) is 15.0 Å². The number of hydrogen-bond donors (Lipinski definition) is 0. The lowest BCUT2D eigenvalue weighted by molar-refractivity contribution is -0.384. The summed E-state index contributed by atoms with van der Waals surface area (Å²) in [4.78, 5) is 26.7. The fourth-order valence-corrected chi connectivity index (χ4v) is 3.25. The molecular weight excluding hydrogens is 458 g/mol. The maximum atomic E-state index is 12.5. The molecule has 0 saturated carbocycles. The van der Waals surface area contributed by atoms with Crippen LogP contribution < -0.4 is 0 Å². The molecule has 1 aromatic rings. The smallest absolute Gasteiger partial charge is 0.410 e. The van der Waals surface area contributed by atoms with E-state index in [1.807, 2.05) is 20.8 Å². The third kappa shape index (κ3) is 12.8. The van der Waals surface area contributed by atoms with E-state index in [0.717, 1.165) is 5.56 Å². The average molecular weight is 498 g/mol. The minimum atomic E-state index is -0.571. The number of nitro groups is 1. The number of amides is 1. The van der Waals surface area contributed by atoms with Gasteiger partial charge >= 0.3 is 6.09 Å². The van der Waals surface area contributed by atoms with Gasteiger partial charge in [0.15, 0.2) is 0 Å². The Hall–Kier alpha value is -2.31. The first-order valence-corrected chi connectivity index (χ1v) is 12.0. The number of non-ortho nitro benzene ring substituents is 1. The summed E-state index contributed by atoms with van der Waals surface area (Å²) in [5.41, 5.74) is 0.493. The maximum absolute atomic E-state index is 12.5. The third-order valence-electron chi connectivity index (χ3n) is 5.06. The molecule has 0 atom stereocenters. The third-order valence-corrected chi connectivity index (χ3v) is 5.06. The van der Waals surface area contributed by atoms with E-state index >= 15 is 0 Å². The van der Waals surface area contributed by atoms with Crippen LogP contribution in [-0.4, -0.2) is 105 Å². The molecule has 2 rings (SSSR count). The molecule has 1 aromatic carbocycles. The first kappa shape index (κ1) is 28.9. The molecule has 0 aromatic heterocycles. The Morgan fingerprint density at radius 1 is 0.857 bits per heavy atom. The topological polar surface area (TPSA) is 113 Å². The van der Waals surface area contributed by atoms with Gasteiger partial charge in [0.2, 0.25) is 0 Å². The second kappa shape index (κ2) is 15.6. The highest BCUT2D eigenvalue weighted by molar-refractivity contribution is 5.68. The summed E-state index contributed by atoms with van der Waals surface area (Å²) in [6.45, 7) is 11.8. The zero-order valence-electron chi connectivity index (χ0n) is 21.1. The van der Waals surface area contributed by atoms with Crippen LogP contribution >= 0.6 is 0 Å². The highest BCUT2D eigenvalue weighted by Crippen LogP contribution is 2.14. The molecule has 0 aliphatic carbocycles. The molecule has 1 fully saturated rings. The van der Waals surface area contributed by atoms with Crippen LogP contribution in [0.3, 0.4) is 0 Å². The van der Waals surface area contributed by atoms with Crippen LogP contribution in [0.15, 0.2) is 24.3 Å². The highest BCUT2D eigenvalue weighted by atomic mass is 16.6. The summed E-state index contributed by atoms with van der Waals surface area (Å²) >= 11 is 0. The van der Waals surface area contributed by atoms with Crippen LogP contribution in [0.25, 0.3) is 0 Å². The monoisotopic (exact) mass is 497 g/mol. The van der Waals surface area contributed by atoms with E-state index in [2.05, 4.69) is 4.90 Å². The van der Waals surface area contributed by atoms with Crippen LogP contribution in [-0.2, 0) is 30.2 Å². The lowest BCUT2D eigenvalue weighted by Gasteiger charge is -2.27. The maximum Gasteiger partial charge on any atom is 0.410 e. The summed E-state index contributed by atoms with van der Waals surface area (Å²) in [6, 6.07) is 6.58. The lowest BCUT2D eigenvalue weighted by Crippen LogP contribution is -2.40. The van der Waals surface area contributed by atoms with E-state index < -0.39 is 10.5 Å². The number of nitrogens with zero attached hydrogens (tertiary/aromatic N) is 3. The molecule has 35 heavy (non-hydrogen) atoms. The number of hydrogen-bond acceptors (Lipinski definition) is 9. The minimum Gasteiger partial charge on any atom is -0.444 e. The van der Waals surface area contributed by atoms with E-state index in [9.17, 15) is 14.9 Å². The summed E-state index contributed by atoms with van der Waals surface area (Å²) < 4.78 is 28.2. The van der Waals surface area contributed by atoms with Crippen LogP contribution in [0.1, 0.15) is 26.3 Å². The number of carbonyl (C=O) groups is 1. The first-order valence-electron chi connectivity index (χ1n) is 12.0. The Kier molecular flexibility index (Phi) is 12.9. The minimum absolute atomic E-state index is 0.0781. The Balaban J connectivity index is 1.83. The molecule has 0 bridgehead atoms. The zero-order valence-corrected chi connectivity index (χ0v) is 21.1. The predicted octanol–water partition coefficient (Wildman–Crippen LogP) is 2.71. The summed E-state index contributed by atoms with van der Waals surface area (Å²) in [5, 5.41) is 10.9. The van der Waals surface area contributed by atoms with Crippen LogP contribution in [0, 0.1) is 10.1 Å². The van der Waals surface area contributed by atoms with Crippen molar-refractivity contribution in [1.82, 2.24) is 9.80 Å². The van der Waals surface area contributed by atoms with Gasteiger partial charge in [-0.25, -0.2) is 4.79 Å². The second-order valence-electron chi connectivity index (χ2n) is 9.12. The van der Waals surface area contributed by atoms with Crippen molar-refractivity contribution in [1.29, 1.82) is 0 Å². The van der Waals surface area contributed by atoms with Gasteiger partial charge in [0.25, 0.3) is 5.69 Å². The van der Waals surface area contributed by atoms with Crippen molar-refractivity contribution in [3.63, 3.8) is 0 Å². The van der Waals surface area contributed by atoms with Gasteiger partial charge in [-0.1, -0.05) is 12.1 Å². The molecule has 0 unspecified atom stereocenters. The van der Waals surface area contributed by atoms with Gasteiger partial charge < -0.3 is 28.6 Å². The van der Waals surface area contributed by atoms with Crippen molar-refractivity contribution in [2.24, 2.45) is 0 Å². The summed E-state index contributed by atoms with van der Waals surface area (Å²) in [7, 11) is 0. The Morgan fingerprint density at radius 2 is 1.31 bits per heavy atom. The van der Waals surface area contributed by atoms with Crippen molar-refractivity contribution < 1.29 is 33.4 Å². The molecule has 11 heteroatoms. The molecule has 198 valence electrons. The summed E-state index contributed by atoms with van der Waals surface area (Å²) in [6.07, 6.45) is -0.389. The molecule has 1 saturated heterocycles. The average Bonchev–Trinajstić information content (AvgIpc) is 2.79. The van der Waals surface area contributed by atoms with Gasteiger partial charge in [0.05, 0.1) is 57.8 Å².